The number of nitrogens with zero attached hydrogens (tertiary/aromatic N) is 3. The van der Waals surface area contributed by atoms with E-state index in [1.807, 2.05) is 49.3 Å². The standard InChI is InChI=1S/C26H34N6O3S/c1-32(2)24-19-8-6-7-9-20(19)30-25(31-24)27-16-10-12-17(13-11-16)28-26(36)29-18-14-21(33-3)23(35-5)22(15-18)34-4/h6-9,14-17H,10-13H2,1-5H3,(H,27,30,31)(H2,28,29,36)/t16-,17+. The molecule has 192 valence electrons. The molecule has 1 saturated carbocycles. The number of fused-ring (bicyclic) bond motifs is 1. The Bertz CT molecular complexity index is 1190. The van der Waals surface area contributed by atoms with Crippen LogP contribution in [0.2, 0.25) is 0 Å². The average molecular weight is 511 g/mol. The van der Waals surface area contributed by atoms with Crippen LogP contribution in [-0.4, -0.2) is 62.6 Å². The number of para-hydroxylation sites is 1. The highest BCUT2D eigenvalue weighted by atomic mass is 32.1. The van der Waals surface area contributed by atoms with Gasteiger partial charge in [0.25, 0.3) is 0 Å². The lowest BCUT2D eigenvalue weighted by atomic mass is 9.91. The normalized spacial score (nSPS) is 17.2. The molecule has 3 aromatic rings. The van der Waals surface area contributed by atoms with Crippen molar-refractivity contribution in [3.05, 3.63) is 36.4 Å². The number of rotatable bonds is 8. The first-order valence-corrected chi connectivity index (χ1v) is 12.4. The Kier molecular flexibility index (Phi) is 8.14. The van der Waals surface area contributed by atoms with Crippen molar-refractivity contribution in [2.24, 2.45) is 0 Å². The minimum atomic E-state index is 0.292. The second kappa shape index (κ2) is 11.5. The average Bonchev–Trinajstić information content (AvgIpc) is 2.88. The molecule has 1 aliphatic carbocycles. The van der Waals surface area contributed by atoms with Crippen molar-refractivity contribution in [1.29, 1.82) is 0 Å². The number of thiocarbonyl (C=S) groups is 1. The third kappa shape index (κ3) is 5.81. The molecule has 1 fully saturated rings. The van der Waals surface area contributed by atoms with E-state index in [4.69, 9.17) is 36.4 Å². The fourth-order valence-corrected chi connectivity index (χ4v) is 4.82. The van der Waals surface area contributed by atoms with Crippen LogP contribution in [0.5, 0.6) is 17.2 Å². The van der Waals surface area contributed by atoms with E-state index in [0.717, 1.165) is 48.1 Å². The minimum absolute atomic E-state index is 0.292. The van der Waals surface area contributed by atoms with Gasteiger partial charge in [-0.15, -0.1) is 0 Å². The van der Waals surface area contributed by atoms with Gasteiger partial charge in [-0.1, -0.05) is 12.1 Å². The molecule has 1 aromatic heterocycles. The van der Waals surface area contributed by atoms with Crippen molar-refractivity contribution in [3.63, 3.8) is 0 Å². The summed E-state index contributed by atoms with van der Waals surface area (Å²) >= 11 is 5.58. The van der Waals surface area contributed by atoms with E-state index in [2.05, 4.69) is 22.0 Å². The highest BCUT2D eigenvalue weighted by molar-refractivity contribution is 7.80. The van der Waals surface area contributed by atoms with Crippen LogP contribution < -0.4 is 35.1 Å². The van der Waals surface area contributed by atoms with Crippen LogP contribution in [0.3, 0.4) is 0 Å². The summed E-state index contributed by atoms with van der Waals surface area (Å²) in [6.07, 6.45) is 3.97. The maximum absolute atomic E-state index is 5.58. The number of hydrogen-bond donors (Lipinski definition) is 3. The first kappa shape index (κ1) is 25.6. The molecule has 0 bridgehead atoms. The van der Waals surface area contributed by atoms with Crippen molar-refractivity contribution in [2.45, 2.75) is 37.8 Å². The molecule has 0 spiro atoms. The second-order valence-corrected chi connectivity index (χ2v) is 9.40. The lowest BCUT2D eigenvalue weighted by Gasteiger charge is -2.30. The summed E-state index contributed by atoms with van der Waals surface area (Å²) in [6, 6.07) is 12.4. The fourth-order valence-electron chi connectivity index (χ4n) is 4.54. The first-order valence-electron chi connectivity index (χ1n) is 12.0. The molecule has 36 heavy (non-hydrogen) atoms. The summed E-state index contributed by atoms with van der Waals surface area (Å²) in [5.74, 6) is 3.28. The molecule has 3 N–H and O–H groups in total. The van der Waals surface area contributed by atoms with E-state index in [1.165, 1.54) is 0 Å². The zero-order valence-electron chi connectivity index (χ0n) is 21.4. The summed E-state index contributed by atoms with van der Waals surface area (Å²) in [6.45, 7) is 0. The van der Waals surface area contributed by atoms with E-state index >= 15 is 0 Å². The van der Waals surface area contributed by atoms with Gasteiger partial charge in [-0.2, -0.15) is 4.98 Å². The van der Waals surface area contributed by atoms with Crippen LogP contribution in [0.4, 0.5) is 17.5 Å². The number of methoxy groups -OCH3 is 3. The quantitative estimate of drug-likeness (QED) is 0.378. The molecule has 4 rings (SSSR count). The summed E-state index contributed by atoms with van der Waals surface area (Å²) in [5, 5.41) is 11.9. The summed E-state index contributed by atoms with van der Waals surface area (Å²) in [4.78, 5) is 11.5. The molecule has 0 saturated heterocycles. The SMILES string of the molecule is COc1cc(NC(=S)N[C@H]2CC[C@@H](Nc3nc(N(C)C)c4ccccc4n3)CC2)cc(OC)c1OC. The van der Waals surface area contributed by atoms with Crippen molar-refractivity contribution in [3.8, 4) is 17.2 Å². The van der Waals surface area contributed by atoms with Gasteiger partial charge in [0.05, 0.1) is 26.8 Å². The van der Waals surface area contributed by atoms with Crippen LogP contribution in [0.1, 0.15) is 25.7 Å². The molecular formula is C26H34N6O3S. The van der Waals surface area contributed by atoms with Gasteiger partial charge in [0.15, 0.2) is 16.6 Å². The van der Waals surface area contributed by atoms with E-state index in [9.17, 15) is 0 Å². The van der Waals surface area contributed by atoms with E-state index in [1.54, 1.807) is 21.3 Å². The highest BCUT2D eigenvalue weighted by Crippen LogP contribution is 2.40. The molecule has 2 aromatic carbocycles. The second-order valence-electron chi connectivity index (χ2n) is 8.99. The molecule has 1 heterocycles. The van der Waals surface area contributed by atoms with E-state index < -0.39 is 0 Å². The minimum Gasteiger partial charge on any atom is -0.493 e. The Hall–Kier alpha value is -3.53. The van der Waals surface area contributed by atoms with Gasteiger partial charge in [0, 0.05) is 49.4 Å². The first-order chi connectivity index (χ1) is 17.4. The molecule has 10 heteroatoms. The number of ether oxygens (including phenoxy) is 3. The fraction of sp³-hybridized carbons (Fsp3) is 0.423. The largest absolute Gasteiger partial charge is 0.493 e. The molecule has 0 amide bonds. The Labute approximate surface area is 217 Å². The van der Waals surface area contributed by atoms with Crippen molar-refractivity contribution >= 4 is 45.7 Å². The smallest absolute Gasteiger partial charge is 0.225 e. The van der Waals surface area contributed by atoms with Crippen molar-refractivity contribution < 1.29 is 14.2 Å². The van der Waals surface area contributed by atoms with Crippen LogP contribution in [0.25, 0.3) is 10.9 Å². The van der Waals surface area contributed by atoms with Gasteiger partial charge in [-0.3, -0.25) is 0 Å². The third-order valence-electron chi connectivity index (χ3n) is 6.32. The zero-order valence-corrected chi connectivity index (χ0v) is 22.2. The topological polar surface area (TPSA) is 92.8 Å². The molecule has 0 radical (unpaired) electrons. The summed E-state index contributed by atoms with van der Waals surface area (Å²) in [7, 11) is 8.77. The molecule has 0 atom stereocenters. The van der Waals surface area contributed by atoms with Crippen LogP contribution in [-0.2, 0) is 0 Å². The highest BCUT2D eigenvalue weighted by Gasteiger charge is 2.23. The molecule has 0 aliphatic heterocycles. The Balaban J connectivity index is 1.33. The Morgan fingerprint density at radius 3 is 2.17 bits per heavy atom. The predicted octanol–water partition coefficient (Wildman–Crippen LogP) is 4.43. The molecule has 9 nitrogen and oxygen atoms in total. The van der Waals surface area contributed by atoms with Gasteiger partial charge >= 0.3 is 0 Å². The maximum Gasteiger partial charge on any atom is 0.225 e. The maximum atomic E-state index is 5.58. The Morgan fingerprint density at radius 1 is 0.917 bits per heavy atom. The number of nitrogens with one attached hydrogen (secondary N) is 3. The lowest BCUT2D eigenvalue weighted by Crippen LogP contribution is -2.42. The number of hydrogen-bond acceptors (Lipinski definition) is 8. The summed E-state index contributed by atoms with van der Waals surface area (Å²) in [5.41, 5.74) is 1.71. The van der Waals surface area contributed by atoms with E-state index in [-0.39, 0.29) is 0 Å². The van der Waals surface area contributed by atoms with Gasteiger partial charge in [0.1, 0.15) is 5.82 Å². The summed E-state index contributed by atoms with van der Waals surface area (Å²) < 4.78 is 16.2. The van der Waals surface area contributed by atoms with Gasteiger partial charge in [-0.05, 0) is 50.0 Å². The van der Waals surface area contributed by atoms with Crippen molar-refractivity contribution in [2.75, 3.05) is 51.0 Å². The molecular weight excluding hydrogens is 476 g/mol. The zero-order chi connectivity index (χ0) is 25.7. The van der Waals surface area contributed by atoms with Gasteiger partial charge in [0.2, 0.25) is 11.7 Å². The number of anilines is 3. The van der Waals surface area contributed by atoms with Crippen LogP contribution >= 0.6 is 12.2 Å². The van der Waals surface area contributed by atoms with Crippen LogP contribution in [0, 0.1) is 0 Å². The van der Waals surface area contributed by atoms with E-state index in [0.29, 0.717) is 40.4 Å². The molecule has 0 unspecified atom stereocenters. The molecule has 1 aliphatic rings. The van der Waals surface area contributed by atoms with Gasteiger partial charge < -0.3 is 35.1 Å². The third-order valence-corrected chi connectivity index (χ3v) is 6.54. The lowest BCUT2D eigenvalue weighted by molar-refractivity contribution is 0.324. The number of benzene rings is 2. The number of aromatic nitrogens is 2. The Morgan fingerprint density at radius 2 is 1.56 bits per heavy atom. The monoisotopic (exact) mass is 510 g/mol. The predicted molar refractivity (Wildman–Crippen MR) is 149 cm³/mol. The van der Waals surface area contributed by atoms with Crippen LogP contribution in [0.15, 0.2) is 36.4 Å². The van der Waals surface area contributed by atoms with Crippen molar-refractivity contribution in [1.82, 2.24) is 15.3 Å². The van der Waals surface area contributed by atoms with Gasteiger partial charge in [-0.25, -0.2) is 4.98 Å².